The molecule has 0 unspecified atom stereocenters. The molecular formula is C9H8BrNO2. The maximum atomic E-state index is 9.59. The molecule has 1 heterocycles. The number of fused-ring (bicyclic) bond motifs is 1. The van der Waals surface area contributed by atoms with E-state index in [2.05, 4.69) is 15.9 Å². The van der Waals surface area contributed by atoms with Gasteiger partial charge in [0.05, 0.1) is 0 Å². The summed E-state index contributed by atoms with van der Waals surface area (Å²) in [5.74, 6) is 0.161. The third kappa shape index (κ3) is 1.09. The van der Waals surface area contributed by atoms with E-state index in [1.165, 1.54) is 4.57 Å². The highest BCUT2D eigenvalue weighted by Gasteiger charge is 2.12. The Hall–Kier alpha value is -1.16. The van der Waals surface area contributed by atoms with Crippen molar-refractivity contribution in [2.45, 2.75) is 0 Å². The first-order valence-corrected chi connectivity index (χ1v) is 4.56. The molecule has 1 aromatic carbocycles. The predicted molar refractivity (Wildman–Crippen MR) is 53.9 cm³/mol. The lowest BCUT2D eigenvalue weighted by atomic mass is 10.2. The topological polar surface area (TPSA) is 45.4 Å². The number of aromatic nitrogens is 1. The van der Waals surface area contributed by atoms with E-state index >= 15 is 0 Å². The Morgan fingerprint density at radius 3 is 2.46 bits per heavy atom. The van der Waals surface area contributed by atoms with Gasteiger partial charge in [-0.2, -0.15) is 0 Å². The second-order valence-electron chi connectivity index (χ2n) is 2.90. The number of aromatic hydroxyl groups is 2. The molecule has 4 heteroatoms. The predicted octanol–water partition coefficient (Wildman–Crippen LogP) is 2.35. The number of rotatable bonds is 0. The molecule has 2 rings (SSSR count). The Kier molecular flexibility index (Phi) is 1.73. The molecule has 13 heavy (non-hydrogen) atoms. The van der Waals surface area contributed by atoms with Crippen LogP contribution in [0.25, 0.3) is 10.8 Å². The monoisotopic (exact) mass is 241 g/mol. The van der Waals surface area contributed by atoms with Gasteiger partial charge in [0.25, 0.3) is 0 Å². The zero-order valence-electron chi connectivity index (χ0n) is 6.95. The molecule has 0 aliphatic rings. The first-order valence-electron chi connectivity index (χ1n) is 3.77. The molecule has 0 spiro atoms. The molecule has 0 saturated heterocycles. The lowest BCUT2D eigenvalue weighted by Crippen LogP contribution is -1.83. The van der Waals surface area contributed by atoms with E-state index in [0.717, 1.165) is 4.47 Å². The fourth-order valence-electron chi connectivity index (χ4n) is 1.36. The molecule has 3 nitrogen and oxygen atoms in total. The van der Waals surface area contributed by atoms with Crippen LogP contribution in [0.4, 0.5) is 0 Å². The molecule has 2 aromatic rings. The number of halogens is 1. The molecule has 0 saturated carbocycles. The molecule has 0 aliphatic carbocycles. The molecule has 68 valence electrons. The van der Waals surface area contributed by atoms with Crippen molar-refractivity contribution in [3.8, 4) is 11.8 Å². The van der Waals surface area contributed by atoms with E-state index in [1.807, 2.05) is 6.07 Å². The lowest BCUT2D eigenvalue weighted by Gasteiger charge is -1.94. The highest BCUT2D eigenvalue weighted by atomic mass is 79.9. The minimum Gasteiger partial charge on any atom is -0.494 e. The number of benzene rings is 1. The van der Waals surface area contributed by atoms with Gasteiger partial charge in [-0.3, -0.25) is 4.57 Å². The van der Waals surface area contributed by atoms with Crippen LogP contribution in [0.2, 0.25) is 0 Å². The Morgan fingerprint density at radius 2 is 1.77 bits per heavy atom. The van der Waals surface area contributed by atoms with Gasteiger partial charge in [-0.25, -0.2) is 0 Å². The van der Waals surface area contributed by atoms with Crippen LogP contribution in [0, 0.1) is 0 Å². The summed E-state index contributed by atoms with van der Waals surface area (Å²) in [5, 5.41) is 20.4. The second-order valence-corrected chi connectivity index (χ2v) is 3.81. The smallest absolute Gasteiger partial charge is 0.201 e. The summed E-state index contributed by atoms with van der Waals surface area (Å²) in [6.45, 7) is 0. The summed E-state index contributed by atoms with van der Waals surface area (Å²) in [4.78, 5) is 0. The lowest BCUT2D eigenvalue weighted by molar-refractivity contribution is 0.391. The molecule has 0 radical (unpaired) electrons. The van der Waals surface area contributed by atoms with Crippen LogP contribution in [0.1, 0.15) is 0 Å². The maximum absolute atomic E-state index is 9.59. The van der Waals surface area contributed by atoms with Crippen LogP contribution in [0.15, 0.2) is 22.7 Å². The number of hydrogen-bond donors (Lipinski definition) is 2. The molecule has 0 fully saturated rings. The van der Waals surface area contributed by atoms with Gasteiger partial charge in [-0.15, -0.1) is 0 Å². The summed E-state index contributed by atoms with van der Waals surface area (Å²) < 4.78 is 2.22. The van der Waals surface area contributed by atoms with Crippen molar-refractivity contribution < 1.29 is 10.2 Å². The third-order valence-corrected chi connectivity index (χ3v) is 2.59. The van der Waals surface area contributed by atoms with E-state index in [1.54, 1.807) is 19.2 Å². The van der Waals surface area contributed by atoms with Gasteiger partial charge in [-0.05, 0) is 18.2 Å². The Morgan fingerprint density at radius 1 is 1.15 bits per heavy atom. The fourth-order valence-corrected chi connectivity index (χ4v) is 1.72. The average molecular weight is 242 g/mol. The van der Waals surface area contributed by atoms with Crippen molar-refractivity contribution in [3.63, 3.8) is 0 Å². The highest BCUT2D eigenvalue weighted by Crippen LogP contribution is 2.36. The SMILES string of the molecule is Cn1c(O)c2ccc(Br)cc2c1O. The average Bonchev–Trinajstić information content (AvgIpc) is 2.32. The number of nitrogens with zero attached hydrogens (tertiary/aromatic N) is 1. The molecule has 0 amide bonds. The van der Waals surface area contributed by atoms with Gasteiger partial charge in [0.2, 0.25) is 11.8 Å². The summed E-state index contributed by atoms with van der Waals surface area (Å²) >= 11 is 3.30. The molecule has 0 aliphatic heterocycles. The Labute approximate surface area is 83.4 Å². The van der Waals surface area contributed by atoms with Crippen LogP contribution in [0.3, 0.4) is 0 Å². The standard InChI is InChI=1S/C9H8BrNO2/c1-11-8(12)6-3-2-5(10)4-7(6)9(11)13/h2-4,12-13H,1H3. The summed E-state index contributed by atoms with van der Waals surface area (Å²) in [7, 11) is 1.61. The molecule has 0 atom stereocenters. The van der Waals surface area contributed by atoms with Crippen LogP contribution in [-0.4, -0.2) is 14.8 Å². The zero-order valence-corrected chi connectivity index (χ0v) is 8.54. The summed E-state index contributed by atoms with van der Waals surface area (Å²) in [5.41, 5.74) is 0. The van der Waals surface area contributed by atoms with Crippen molar-refractivity contribution in [2.24, 2.45) is 7.05 Å². The van der Waals surface area contributed by atoms with E-state index in [4.69, 9.17) is 0 Å². The Bertz CT molecular complexity index is 476. The minimum atomic E-state index is 0.0776. The van der Waals surface area contributed by atoms with E-state index in [-0.39, 0.29) is 11.8 Å². The maximum Gasteiger partial charge on any atom is 0.201 e. The Balaban J connectivity index is 2.95. The molecule has 0 bridgehead atoms. The molecule has 1 aromatic heterocycles. The van der Waals surface area contributed by atoms with Crippen molar-refractivity contribution >= 4 is 26.7 Å². The highest BCUT2D eigenvalue weighted by molar-refractivity contribution is 9.10. The normalized spacial score (nSPS) is 10.9. The van der Waals surface area contributed by atoms with E-state index in [0.29, 0.717) is 10.8 Å². The van der Waals surface area contributed by atoms with Crippen LogP contribution in [-0.2, 0) is 7.05 Å². The van der Waals surface area contributed by atoms with Crippen molar-refractivity contribution in [3.05, 3.63) is 22.7 Å². The van der Waals surface area contributed by atoms with Crippen molar-refractivity contribution in [2.75, 3.05) is 0 Å². The van der Waals surface area contributed by atoms with Crippen molar-refractivity contribution in [1.82, 2.24) is 4.57 Å². The van der Waals surface area contributed by atoms with Crippen LogP contribution in [0.5, 0.6) is 11.8 Å². The summed E-state index contributed by atoms with van der Waals surface area (Å²) in [6, 6.07) is 5.35. The van der Waals surface area contributed by atoms with Gasteiger partial charge in [0, 0.05) is 22.3 Å². The van der Waals surface area contributed by atoms with Crippen LogP contribution < -0.4 is 0 Å². The van der Waals surface area contributed by atoms with E-state index < -0.39 is 0 Å². The molecular weight excluding hydrogens is 234 g/mol. The first-order chi connectivity index (χ1) is 6.11. The van der Waals surface area contributed by atoms with Gasteiger partial charge >= 0.3 is 0 Å². The zero-order chi connectivity index (χ0) is 9.59. The first kappa shape index (κ1) is 8.44. The largest absolute Gasteiger partial charge is 0.494 e. The number of hydrogen-bond acceptors (Lipinski definition) is 2. The second kappa shape index (κ2) is 2.67. The van der Waals surface area contributed by atoms with Gasteiger partial charge in [0.15, 0.2) is 0 Å². The minimum absolute atomic E-state index is 0.0776. The molecule has 2 N–H and O–H groups in total. The third-order valence-electron chi connectivity index (χ3n) is 2.10. The van der Waals surface area contributed by atoms with Gasteiger partial charge in [0.1, 0.15) is 0 Å². The van der Waals surface area contributed by atoms with Crippen LogP contribution >= 0.6 is 15.9 Å². The van der Waals surface area contributed by atoms with Gasteiger partial charge < -0.3 is 10.2 Å². The quantitative estimate of drug-likeness (QED) is 0.744. The van der Waals surface area contributed by atoms with Crippen molar-refractivity contribution in [1.29, 1.82) is 0 Å². The van der Waals surface area contributed by atoms with Gasteiger partial charge in [-0.1, -0.05) is 15.9 Å². The fraction of sp³-hybridized carbons (Fsp3) is 0.111. The summed E-state index contributed by atoms with van der Waals surface area (Å²) in [6.07, 6.45) is 0. The van der Waals surface area contributed by atoms with E-state index in [9.17, 15) is 10.2 Å².